The van der Waals surface area contributed by atoms with Crippen molar-refractivity contribution in [3.8, 4) is 0 Å². The largest absolute Gasteiger partial charge is 0.394 e. The number of aromatic nitrogens is 2. The Balaban J connectivity index is 0.00000484. The van der Waals surface area contributed by atoms with Crippen LogP contribution < -0.4 is 0 Å². The molecule has 0 spiro atoms. The van der Waals surface area contributed by atoms with Crippen molar-refractivity contribution in [3.05, 3.63) is 23.8 Å². The topological polar surface area (TPSA) is 136 Å². The molecule has 0 aliphatic carbocycles. The number of nitrogens with zero attached hydrogens (tertiary/aromatic N) is 2. The van der Waals surface area contributed by atoms with Crippen LogP contribution in [-0.2, 0) is 31.6 Å². The Labute approximate surface area is 148 Å². The molecule has 8 nitrogen and oxygen atoms in total. The van der Waals surface area contributed by atoms with E-state index in [1.807, 2.05) is 0 Å². The Hall–Kier alpha value is -0.498. The van der Waals surface area contributed by atoms with Crippen molar-refractivity contribution in [2.75, 3.05) is 20.3 Å². The van der Waals surface area contributed by atoms with Gasteiger partial charge in [-0.3, -0.25) is 9.97 Å². The number of ether oxygens (including phenoxy) is 1. The van der Waals surface area contributed by atoms with Gasteiger partial charge >= 0.3 is 0 Å². The van der Waals surface area contributed by atoms with E-state index in [2.05, 4.69) is 9.97 Å². The molecule has 0 saturated carbocycles. The molecular formula is C14H24N2O6Re. The average molecular weight is 503 g/mol. The predicted molar refractivity (Wildman–Crippen MR) is 76.8 cm³/mol. The Morgan fingerprint density at radius 1 is 1.04 bits per heavy atom. The van der Waals surface area contributed by atoms with E-state index >= 15 is 0 Å². The first-order valence-electron chi connectivity index (χ1n) is 7.03. The molecule has 9 heteroatoms. The molecule has 0 amide bonds. The van der Waals surface area contributed by atoms with Gasteiger partial charge in [0, 0.05) is 46.1 Å². The average Bonchev–Trinajstić information content (AvgIpc) is 2.53. The molecule has 0 aromatic carbocycles. The zero-order valence-electron chi connectivity index (χ0n) is 13.1. The molecule has 0 aliphatic rings. The second-order valence-electron chi connectivity index (χ2n) is 5.28. The van der Waals surface area contributed by atoms with Crippen molar-refractivity contribution in [2.24, 2.45) is 5.92 Å². The van der Waals surface area contributed by atoms with Crippen LogP contribution >= 0.6 is 0 Å². The second kappa shape index (κ2) is 11.1. The van der Waals surface area contributed by atoms with Crippen molar-refractivity contribution < 1.29 is 50.7 Å². The summed E-state index contributed by atoms with van der Waals surface area (Å²) in [5, 5.41) is 47.6. The molecular weight excluding hydrogens is 478 g/mol. The number of hydrogen-bond acceptors (Lipinski definition) is 8. The normalized spacial score (nSPS) is 17.7. The zero-order chi connectivity index (χ0) is 16.7. The minimum atomic E-state index is -1.24. The molecule has 1 aromatic rings. The summed E-state index contributed by atoms with van der Waals surface area (Å²) in [6.45, 7) is 1.24. The van der Waals surface area contributed by atoms with E-state index in [9.17, 15) is 20.4 Å². The minimum absolute atomic E-state index is 0. The summed E-state index contributed by atoms with van der Waals surface area (Å²) < 4.78 is 4.84. The van der Waals surface area contributed by atoms with Gasteiger partial charge in [-0.1, -0.05) is 6.92 Å². The molecule has 0 saturated heterocycles. The third-order valence-corrected chi connectivity index (χ3v) is 3.52. The summed E-state index contributed by atoms with van der Waals surface area (Å²) in [6, 6.07) is 0. The molecule has 0 fully saturated rings. The molecule has 133 valence electrons. The van der Waals surface area contributed by atoms with Gasteiger partial charge in [0.2, 0.25) is 0 Å². The SMILES string of the molecule is COCC(O)C(C)C(O)c1cnc(CC(O)C(O)CO)cn1.[Re]. The Morgan fingerprint density at radius 3 is 2.17 bits per heavy atom. The van der Waals surface area contributed by atoms with Crippen LogP contribution in [0, 0.1) is 5.92 Å². The van der Waals surface area contributed by atoms with Gasteiger partial charge in [0.1, 0.15) is 12.2 Å². The Kier molecular flexibility index (Phi) is 10.9. The summed E-state index contributed by atoms with van der Waals surface area (Å²) in [6.07, 6.45) is -1.45. The fourth-order valence-corrected chi connectivity index (χ4v) is 1.90. The maximum Gasteiger partial charge on any atom is 0.103 e. The van der Waals surface area contributed by atoms with Gasteiger partial charge in [-0.25, -0.2) is 0 Å². The van der Waals surface area contributed by atoms with E-state index in [0.29, 0.717) is 11.4 Å². The van der Waals surface area contributed by atoms with Gasteiger partial charge in [0.15, 0.2) is 0 Å². The molecule has 1 radical (unpaired) electrons. The fourth-order valence-electron chi connectivity index (χ4n) is 1.90. The van der Waals surface area contributed by atoms with Crippen molar-refractivity contribution >= 4 is 0 Å². The standard InChI is InChI=1S/C14H24N2O6.Re/c1-8(13(20)7-22-2)14(21)10-5-15-9(4-16-10)3-11(18)12(19)6-17;/h4-5,8,11-14,17-21H,3,6-7H2,1-2H3;. The Morgan fingerprint density at radius 2 is 1.70 bits per heavy atom. The molecule has 1 heterocycles. The van der Waals surface area contributed by atoms with E-state index in [1.54, 1.807) is 6.92 Å². The molecule has 5 unspecified atom stereocenters. The van der Waals surface area contributed by atoms with Gasteiger partial charge < -0.3 is 30.3 Å². The van der Waals surface area contributed by atoms with Crippen molar-refractivity contribution in [2.45, 2.75) is 37.8 Å². The quantitative estimate of drug-likeness (QED) is 0.273. The third-order valence-electron chi connectivity index (χ3n) is 3.52. The van der Waals surface area contributed by atoms with Crippen LogP contribution in [0.15, 0.2) is 12.4 Å². The van der Waals surface area contributed by atoms with E-state index < -0.39 is 36.9 Å². The summed E-state index contributed by atoms with van der Waals surface area (Å²) >= 11 is 0. The van der Waals surface area contributed by atoms with Gasteiger partial charge in [-0.05, 0) is 0 Å². The number of aliphatic hydroxyl groups is 5. The first kappa shape index (κ1) is 22.5. The van der Waals surface area contributed by atoms with E-state index in [0.717, 1.165) is 0 Å². The van der Waals surface area contributed by atoms with Crippen molar-refractivity contribution in [1.29, 1.82) is 0 Å². The van der Waals surface area contributed by atoms with E-state index in [4.69, 9.17) is 9.84 Å². The second-order valence-corrected chi connectivity index (χ2v) is 5.28. The maximum atomic E-state index is 10.1. The van der Waals surface area contributed by atoms with Crippen LogP contribution in [0.2, 0.25) is 0 Å². The predicted octanol–water partition coefficient (Wildman–Crippen LogP) is -1.59. The van der Waals surface area contributed by atoms with Gasteiger partial charge in [-0.15, -0.1) is 0 Å². The zero-order valence-corrected chi connectivity index (χ0v) is 15.8. The van der Waals surface area contributed by atoms with Crippen LogP contribution in [0.3, 0.4) is 0 Å². The van der Waals surface area contributed by atoms with Gasteiger partial charge in [0.25, 0.3) is 0 Å². The monoisotopic (exact) mass is 503 g/mol. The molecule has 5 atom stereocenters. The molecule has 23 heavy (non-hydrogen) atoms. The summed E-state index contributed by atoms with van der Waals surface area (Å²) in [7, 11) is 1.46. The molecule has 1 rings (SSSR count). The third kappa shape index (κ3) is 6.87. The summed E-state index contributed by atoms with van der Waals surface area (Å²) in [5.74, 6) is -0.484. The van der Waals surface area contributed by atoms with Gasteiger partial charge in [0.05, 0.1) is 43.0 Å². The molecule has 0 aliphatic heterocycles. The van der Waals surface area contributed by atoms with Crippen LogP contribution in [0.4, 0.5) is 0 Å². The fraction of sp³-hybridized carbons (Fsp3) is 0.714. The minimum Gasteiger partial charge on any atom is -0.394 e. The van der Waals surface area contributed by atoms with E-state index in [1.165, 1.54) is 19.5 Å². The van der Waals surface area contributed by atoms with Crippen LogP contribution in [-0.4, -0.2) is 74.1 Å². The summed E-state index contributed by atoms with van der Waals surface area (Å²) in [5.41, 5.74) is 0.713. The van der Waals surface area contributed by atoms with Crippen LogP contribution in [0.1, 0.15) is 24.4 Å². The molecule has 0 bridgehead atoms. The van der Waals surface area contributed by atoms with E-state index in [-0.39, 0.29) is 33.5 Å². The number of hydrogen-bond donors (Lipinski definition) is 5. The number of rotatable bonds is 9. The van der Waals surface area contributed by atoms with Crippen molar-refractivity contribution in [1.82, 2.24) is 9.97 Å². The van der Waals surface area contributed by atoms with Crippen LogP contribution in [0.25, 0.3) is 0 Å². The Bertz CT molecular complexity index is 436. The van der Waals surface area contributed by atoms with Crippen LogP contribution in [0.5, 0.6) is 0 Å². The first-order valence-corrected chi connectivity index (χ1v) is 7.03. The van der Waals surface area contributed by atoms with Gasteiger partial charge in [-0.2, -0.15) is 0 Å². The maximum absolute atomic E-state index is 10.1. The molecule has 1 aromatic heterocycles. The number of aliphatic hydroxyl groups excluding tert-OH is 5. The smallest absolute Gasteiger partial charge is 0.103 e. The summed E-state index contributed by atoms with van der Waals surface area (Å²) in [4.78, 5) is 8.12. The number of methoxy groups -OCH3 is 1. The van der Waals surface area contributed by atoms with Crippen molar-refractivity contribution in [3.63, 3.8) is 0 Å². The molecule has 5 N–H and O–H groups in total. The first-order chi connectivity index (χ1) is 10.4.